The summed E-state index contributed by atoms with van der Waals surface area (Å²) in [5.74, 6) is -0.123. The lowest BCUT2D eigenvalue weighted by molar-refractivity contribution is -0.145. The molecule has 0 amide bonds. The Balaban J connectivity index is 2.24. The Morgan fingerprint density at radius 3 is 2.65 bits per heavy atom. The second-order valence-corrected chi connectivity index (χ2v) is 4.89. The minimum Gasteiger partial charge on any atom is -0.492 e. The number of esters is 1. The molecule has 1 rings (SSSR count). The van der Waals surface area contributed by atoms with Gasteiger partial charge in [0.2, 0.25) is 0 Å². The SMILES string of the molecule is CCOC(=O)CC(=O)CCCOc1ccc(Cl)cc1Cl. The molecule has 0 aliphatic heterocycles. The molecule has 0 atom stereocenters. The van der Waals surface area contributed by atoms with Gasteiger partial charge < -0.3 is 9.47 Å². The molecule has 20 heavy (non-hydrogen) atoms. The summed E-state index contributed by atoms with van der Waals surface area (Å²) in [6, 6.07) is 4.93. The van der Waals surface area contributed by atoms with Gasteiger partial charge in [-0.1, -0.05) is 23.2 Å². The van der Waals surface area contributed by atoms with Crippen LogP contribution >= 0.6 is 23.2 Å². The summed E-state index contributed by atoms with van der Waals surface area (Å²) in [5, 5.41) is 0.960. The van der Waals surface area contributed by atoms with Gasteiger partial charge in [-0.3, -0.25) is 9.59 Å². The molecule has 0 fully saturated rings. The van der Waals surface area contributed by atoms with Crippen molar-refractivity contribution in [3.8, 4) is 5.75 Å². The van der Waals surface area contributed by atoms with Gasteiger partial charge >= 0.3 is 5.97 Å². The fourth-order valence-corrected chi connectivity index (χ4v) is 1.97. The standard InChI is InChI=1S/C14H16Cl2O4/c1-2-19-14(18)9-11(17)4-3-7-20-13-6-5-10(15)8-12(13)16/h5-6,8H,2-4,7,9H2,1H3. The van der Waals surface area contributed by atoms with E-state index < -0.39 is 5.97 Å². The van der Waals surface area contributed by atoms with Gasteiger partial charge in [0, 0.05) is 11.4 Å². The maximum atomic E-state index is 11.5. The Hall–Kier alpha value is -1.26. The average Bonchev–Trinajstić information content (AvgIpc) is 2.36. The fourth-order valence-electron chi connectivity index (χ4n) is 1.51. The molecular formula is C14H16Cl2O4. The summed E-state index contributed by atoms with van der Waals surface area (Å²) in [4.78, 5) is 22.5. The molecule has 0 aliphatic carbocycles. The van der Waals surface area contributed by atoms with Crippen molar-refractivity contribution in [2.24, 2.45) is 0 Å². The highest BCUT2D eigenvalue weighted by Crippen LogP contribution is 2.27. The third kappa shape index (κ3) is 6.26. The van der Waals surface area contributed by atoms with Crippen LogP contribution in [-0.4, -0.2) is 25.0 Å². The van der Waals surface area contributed by atoms with Crippen molar-refractivity contribution in [2.45, 2.75) is 26.2 Å². The van der Waals surface area contributed by atoms with Crippen molar-refractivity contribution in [2.75, 3.05) is 13.2 Å². The van der Waals surface area contributed by atoms with Crippen molar-refractivity contribution in [3.05, 3.63) is 28.2 Å². The zero-order chi connectivity index (χ0) is 15.0. The highest BCUT2D eigenvalue weighted by atomic mass is 35.5. The van der Waals surface area contributed by atoms with E-state index in [1.165, 1.54) is 0 Å². The number of carbonyl (C=O) groups is 2. The van der Waals surface area contributed by atoms with Crippen molar-refractivity contribution in [1.82, 2.24) is 0 Å². The number of carbonyl (C=O) groups excluding carboxylic acids is 2. The van der Waals surface area contributed by atoms with Crippen LogP contribution < -0.4 is 4.74 Å². The third-order valence-electron chi connectivity index (χ3n) is 2.40. The van der Waals surface area contributed by atoms with Gasteiger partial charge in [-0.25, -0.2) is 0 Å². The molecule has 0 unspecified atom stereocenters. The number of hydrogen-bond donors (Lipinski definition) is 0. The minimum atomic E-state index is -0.487. The lowest BCUT2D eigenvalue weighted by Crippen LogP contribution is -2.12. The Kier molecular flexibility index (Phi) is 7.41. The monoisotopic (exact) mass is 318 g/mol. The Bertz CT molecular complexity index is 474. The zero-order valence-corrected chi connectivity index (χ0v) is 12.7. The number of halogens is 2. The summed E-state index contributed by atoms with van der Waals surface area (Å²) >= 11 is 11.7. The first-order valence-electron chi connectivity index (χ1n) is 6.28. The van der Waals surface area contributed by atoms with Crippen LogP contribution in [-0.2, 0) is 14.3 Å². The number of benzene rings is 1. The number of hydrogen-bond acceptors (Lipinski definition) is 4. The normalized spacial score (nSPS) is 10.2. The first-order valence-corrected chi connectivity index (χ1v) is 7.03. The predicted octanol–water partition coefficient (Wildman–Crippen LogP) is 3.67. The van der Waals surface area contributed by atoms with E-state index in [2.05, 4.69) is 0 Å². The van der Waals surface area contributed by atoms with Crippen LogP contribution in [0.15, 0.2) is 18.2 Å². The molecule has 0 aliphatic rings. The molecule has 6 heteroatoms. The second kappa shape index (κ2) is 8.82. The van der Waals surface area contributed by atoms with Crippen LogP contribution in [0.2, 0.25) is 10.0 Å². The van der Waals surface area contributed by atoms with Crippen LogP contribution in [0.4, 0.5) is 0 Å². The van der Waals surface area contributed by atoms with E-state index in [1.54, 1.807) is 25.1 Å². The molecular weight excluding hydrogens is 303 g/mol. The summed E-state index contributed by atoms with van der Waals surface area (Å²) in [7, 11) is 0. The highest BCUT2D eigenvalue weighted by molar-refractivity contribution is 6.35. The van der Waals surface area contributed by atoms with E-state index in [0.29, 0.717) is 28.8 Å². The zero-order valence-electron chi connectivity index (χ0n) is 11.2. The van der Waals surface area contributed by atoms with Crippen LogP contribution in [0.25, 0.3) is 0 Å². The topological polar surface area (TPSA) is 52.6 Å². The lowest BCUT2D eigenvalue weighted by Gasteiger charge is -2.07. The van der Waals surface area contributed by atoms with Gasteiger partial charge in [-0.05, 0) is 31.5 Å². The maximum absolute atomic E-state index is 11.5. The molecule has 0 radical (unpaired) electrons. The van der Waals surface area contributed by atoms with Crippen molar-refractivity contribution in [1.29, 1.82) is 0 Å². The molecule has 0 N–H and O–H groups in total. The molecule has 0 aromatic heterocycles. The second-order valence-electron chi connectivity index (χ2n) is 4.05. The third-order valence-corrected chi connectivity index (χ3v) is 2.93. The van der Waals surface area contributed by atoms with E-state index >= 15 is 0 Å². The van der Waals surface area contributed by atoms with Crippen molar-refractivity contribution in [3.63, 3.8) is 0 Å². The molecule has 110 valence electrons. The van der Waals surface area contributed by atoms with Crippen molar-refractivity contribution < 1.29 is 19.1 Å². The number of rotatable bonds is 8. The van der Waals surface area contributed by atoms with Gasteiger partial charge in [0.15, 0.2) is 0 Å². The summed E-state index contributed by atoms with van der Waals surface area (Å²) < 4.78 is 10.1. The van der Waals surface area contributed by atoms with E-state index in [9.17, 15) is 9.59 Å². The number of ketones is 1. The van der Waals surface area contributed by atoms with Gasteiger partial charge in [0.1, 0.15) is 18.0 Å². The number of ether oxygens (including phenoxy) is 2. The molecule has 0 saturated carbocycles. The maximum Gasteiger partial charge on any atom is 0.313 e. The van der Waals surface area contributed by atoms with Crippen LogP contribution in [0.3, 0.4) is 0 Å². The highest BCUT2D eigenvalue weighted by Gasteiger charge is 2.10. The molecule has 0 spiro atoms. The fraction of sp³-hybridized carbons (Fsp3) is 0.429. The largest absolute Gasteiger partial charge is 0.492 e. The van der Waals surface area contributed by atoms with Gasteiger partial charge in [-0.2, -0.15) is 0 Å². The van der Waals surface area contributed by atoms with Crippen LogP contribution in [0, 0.1) is 0 Å². The summed E-state index contributed by atoms with van der Waals surface area (Å²) in [6.45, 7) is 2.33. The van der Waals surface area contributed by atoms with Crippen molar-refractivity contribution >= 4 is 35.0 Å². The Labute approximate surface area is 128 Å². The van der Waals surface area contributed by atoms with Crippen LogP contribution in [0.1, 0.15) is 26.2 Å². The molecule has 0 heterocycles. The molecule has 1 aromatic carbocycles. The van der Waals surface area contributed by atoms with E-state index in [1.807, 2.05) is 0 Å². The van der Waals surface area contributed by atoms with E-state index in [4.69, 9.17) is 32.7 Å². The first-order chi connectivity index (χ1) is 9.52. The quantitative estimate of drug-likeness (QED) is 0.417. The average molecular weight is 319 g/mol. The smallest absolute Gasteiger partial charge is 0.313 e. The molecule has 0 bridgehead atoms. The Morgan fingerprint density at radius 2 is 2.00 bits per heavy atom. The predicted molar refractivity (Wildman–Crippen MR) is 77.4 cm³/mol. The van der Waals surface area contributed by atoms with E-state index in [0.717, 1.165) is 0 Å². The van der Waals surface area contributed by atoms with Crippen LogP contribution in [0.5, 0.6) is 5.75 Å². The molecule has 4 nitrogen and oxygen atoms in total. The first kappa shape index (κ1) is 16.8. The summed E-state index contributed by atoms with van der Waals surface area (Å²) in [5.41, 5.74) is 0. The van der Waals surface area contributed by atoms with Gasteiger partial charge in [0.25, 0.3) is 0 Å². The molecule has 0 saturated heterocycles. The van der Waals surface area contributed by atoms with Gasteiger partial charge in [-0.15, -0.1) is 0 Å². The Morgan fingerprint density at radius 1 is 1.25 bits per heavy atom. The summed E-state index contributed by atoms with van der Waals surface area (Å²) in [6.07, 6.45) is 0.594. The van der Waals surface area contributed by atoms with Gasteiger partial charge in [0.05, 0.1) is 18.2 Å². The van der Waals surface area contributed by atoms with E-state index in [-0.39, 0.29) is 25.2 Å². The lowest BCUT2D eigenvalue weighted by atomic mass is 10.2. The number of Topliss-reactive ketones (excluding diaryl/α,β-unsaturated/α-hetero) is 1. The minimum absolute atomic E-state index is 0.158. The molecule has 1 aromatic rings.